The Morgan fingerprint density at radius 2 is 2.19 bits per heavy atom. The summed E-state index contributed by atoms with van der Waals surface area (Å²) in [6, 6.07) is 7.28. The molecule has 0 fully saturated rings. The van der Waals surface area contributed by atoms with E-state index in [0.717, 1.165) is 18.6 Å². The standard InChI is InChI=1S/C13H19NO2/c1-3-5-9-16-12-8-6-7-11(10-12)13(15)14-4-2/h6-8,10H,3-5,9H2,1-2H3,(H,14,15). The molecule has 0 bridgehead atoms. The molecular weight excluding hydrogens is 202 g/mol. The quantitative estimate of drug-likeness (QED) is 0.750. The van der Waals surface area contributed by atoms with Gasteiger partial charge in [-0.3, -0.25) is 4.79 Å². The van der Waals surface area contributed by atoms with Crippen molar-refractivity contribution in [1.29, 1.82) is 0 Å². The maximum absolute atomic E-state index is 11.6. The van der Waals surface area contributed by atoms with Crippen molar-refractivity contribution in [2.45, 2.75) is 26.7 Å². The van der Waals surface area contributed by atoms with Gasteiger partial charge < -0.3 is 10.1 Å². The molecular formula is C13H19NO2. The first kappa shape index (κ1) is 12.6. The maximum Gasteiger partial charge on any atom is 0.251 e. The van der Waals surface area contributed by atoms with Crippen LogP contribution in [0.1, 0.15) is 37.0 Å². The number of carbonyl (C=O) groups excluding carboxylic acids is 1. The molecule has 3 heteroatoms. The molecule has 0 spiro atoms. The van der Waals surface area contributed by atoms with Crippen molar-refractivity contribution in [3.05, 3.63) is 29.8 Å². The van der Waals surface area contributed by atoms with Crippen LogP contribution < -0.4 is 10.1 Å². The van der Waals surface area contributed by atoms with Gasteiger partial charge in [-0.1, -0.05) is 19.4 Å². The van der Waals surface area contributed by atoms with Crippen LogP contribution in [0.5, 0.6) is 5.75 Å². The van der Waals surface area contributed by atoms with E-state index in [2.05, 4.69) is 12.2 Å². The topological polar surface area (TPSA) is 38.3 Å². The smallest absolute Gasteiger partial charge is 0.251 e. The molecule has 0 saturated heterocycles. The molecule has 16 heavy (non-hydrogen) atoms. The molecule has 0 aliphatic rings. The summed E-state index contributed by atoms with van der Waals surface area (Å²) < 4.78 is 5.54. The van der Waals surface area contributed by atoms with Crippen LogP contribution in [0.2, 0.25) is 0 Å². The third-order valence-electron chi connectivity index (χ3n) is 2.20. The summed E-state index contributed by atoms with van der Waals surface area (Å²) in [6.45, 7) is 5.36. The van der Waals surface area contributed by atoms with E-state index in [0.29, 0.717) is 18.7 Å². The Bertz CT molecular complexity index is 336. The van der Waals surface area contributed by atoms with Crippen molar-refractivity contribution >= 4 is 5.91 Å². The second kappa shape index (κ2) is 6.88. The lowest BCUT2D eigenvalue weighted by Crippen LogP contribution is -2.22. The maximum atomic E-state index is 11.6. The first-order valence-corrected chi connectivity index (χ1v) is 5.79. The first-order valence-electron chi connectivity index (χ1n) is 5.79. The number of rotatable bonds is 6. The monoisotopic (exact) mass is 221 g/mol. The number of ether oxygens (including phenoxy) is 1. The molecule has 0 atom stereocenters. The minimum absolute atomic E-state index is 0.0524. The van der Waals surface area contributed by atoms with E-state index in [1.165, 1.54) is 0 Å². The number of carbonyl (C=O) groups is 1. The van der Waals surface area contributed by atoms with Gasteiger partial charge in [-0.25, -0.2) is 0 Å². The van der Waals surface area contributed by atoms with Gasteiger partial charge in [-0.05, 0) is 31.5 Å². The molecule has 3 nitrogen and oxygen atoms in total. The van der Waals surface area contributed by atoms with Gasteiger partial charge in [-0.15, -0.1) is 0 Å². The minimum atomic E-state index is -0.0524. The molecule has 1 amide bonds. The Labute approximate surface area is 96.8 Å². The number of hydrogen-bond donors (Lipinski definition) is 1. The van der Waals surface area contributed by atoms with Crippen LogP contribution in [0.25, 0.3) is 0 Å². The number of hydrogen-bond acceptors (Lipinski definition) is 2. The molecule has 0 unspecified atom stereocenters. The fourth-order valence-electron chi connectivity index (χ4n) is 1.32. The van der Waals surface area contributed by atoms with Crippen molar-refractivity contribution in [1.82, 2.24) is 5.32 Å². The molecule has 0 heterocycles. The number of unbranched alkanes of at least 4 members (excludes halogenated alkanes) is 1. The minimum Gasteiger partial charge on any atom is -0.494 e. The largest absolute Gasteiger partial charge is 0.494 e. The van der Waals surface area contributed by atoms with Crippen molar-refractivity contribution in [2.75, 3.05) is 13.2 Å². The van der Waals surface area contributed by atoms with Gasteiger partial charge in [0.1, 0.15) is 5.75 Å². The number of benzene rings is 1. The highest BCUT2D eigenvalue weighted by Gasteiger charge is 2.04. The van der Waals surface area contributed by atoms with Crippen molar-refractivity contribution in [3.63, 3.8) is 0 Å². The average Bonchev–Trinajstić information content (AvgIpc) is 2.30. The van der Waals surface area contributed by atoms with Crippen LogP contribution in [-0.4, -0.2) is 19.1 Å². The Balaban J connectivity index is 2.60. The second-order valence-electron chi connectivity index (χ2n) is 3.59. The normalized spacial score (nSPS) is 9.88. The highest BCUT2D eigenvalue weighted by Crippen LogP contribution is 2.13. The van der Waals surface area contributed by atoms with Crippen LogP contribution in [0.4, 0.5) is 0 Å². The van der Waals surface area contributed by atoms with Crippen LogP contribution in [-0.2, 0) is 0 Å². The summed E-state index contributed by atoms with van der Waals surface area (Å²) in [4.78, 5) is 11.6. The second-order valence-corrected chi connectivity index (χ2v) is 3.59. The summed E-state index contributed by atoms with van der Waals surface area (Å²) in [5.41, 5.74) is 0.649. The summed E-state index contributed by atoms with van der Waals surface area (Å²) >= 11 is 0. The van der Waals surface area contributed by atoms with E-state index >= 15 is 0 Å². The first-order chi connectivity index (χ1) is 7.77. The summed E-state index contributed by atoms with van der Waals surface area (Å²) in [7, 11) is 0. The SMILES string of the molecule is CCCCOc1cccc(C(=O)NCC)c1. The molecule has 1 aromatic carbocycles. The lowest BCUT2D eigenvalue weighted by Gasteiger charge is -2.07. The molecule has 1 rings (SSSR count). The van der Waals surface area contributed by atoms with Gasteiger partial charge in [0.15, 0.2) is 0 Å². The van der Waals surface area contributed by atoms with Gasteiger partial charge in [0.2, 0.25) is 0 Å². The zero-order chi connectivity index (χ0) is 11.8. The highest BCUT2D eigenvalue weighted by atomic mass is 16.5. The fourth-order valence-corrected chi connectivity index (χ4v) is 1.32. The number of nitrogens with one attached hydrogen (secondary N) is 1. The summed E-state index contributed by atoms with van der Waals surface area (Å²) in [5.74, 6) is 0.709. The van der Waals surface area contributed by atoms with Crippen molar-refractivity contribution < 1.29 is 9.53 Å². The van der Waals surface area contributed by atoms with E-state index in [1.807, 2.05) is 19.1 Å². The Kier molecular flexibility index (Phi) is 5.40. The van der Waals surface area contributed by atoms with E-state index in [1.54, 1.807) is 12.1 Å². The Morgan fingerprint density at radius 1 is 1.38 bits per heavy atom. The van der Waals surface area contributed by atoms with Crippen LogP contribution in [0.3, 0.4) is 0 Å². The third kappa shape index (κ3) is 3.93. The molecule has 0 radical (unpaired) electrons. The van der Waals surface area contributed by atoms with Crippen molar-refractivity contribution in [3.8, 4) is 5.75 Å². The van der Waals surface area contributed by atoms with Gasteiger partial charge >= 0.3 is 0 Å². The van der Waals surface area contributed by atoms with Gasteiger partial charge in [0, 0.05) is 12.1 Å². The lowest BCUT2D eigenvalue weighted by molar-refractivity contribution is 0.0955. The van der Waals surface area contributed by atoms with Crippen LogP contribution in [0, 0.1) is 0 Å². The molecule has 1 N–H and O–H groups in total. The van der Waals surface area contributed by atoms with Crippen LogP contribution >= 0.6 is 0 Å². The van der Waals surface area contributed by atoms with Crippen molar-refractivity contribution in [2.24, 2.45) is 0 Å². The zero-order valence-corrected chi connectivity index (χ0v) is 9.95. The Hall–Kier alpha value is -1.51. The summed E-state index contributed by atoms with van der Waals surface area (Å²) in [6.07, 6.45) is 2.14. The van der Waals surface area contributed by atoms with E-state index in [-0.39, 0.29) is 5.91 Å². The Morgan fingerprint density at radius 3 is 2.88 bits per heavy atom. The summed E-state index contributed by atoms with van der Waals surface area (Å²) in [5, 5.41) is 2.76. The van der Waals surface area contributed by atoms with Gasteiger partial charge in [0.25, 0.3) is 5.91 Å². The molecule has 1 aromatic rings. The number of amides is 1. The van der Waals surface area contributed by atoms with Gasteiger partial charge in [-0.2, -0.15) is 0 Å². The molecule has 0 aromatic heterocycles. The van der Waals surface area contributed by atoms with E-state index < -0.39 is 0 Å². The molecule has 0 aliphatic heterocycles. The predicted molar refractivity (Wildman–Crippen MR) is 64.9 cm³/mol. The fraction of sp³-hybridized carbons (Fsp3) is 0.462. The van der Waals surface area contributed by atoms with E-state index in [9.17, 15) is 4.79 Å². The van der Waals surface area contributed by atoms with Crippen LogP contribution in [0.15, 0.2) is 24.3 Å². The average molecular weight is 221 g/mol. The van der Waals surface area contributed by atoms with E-state index in [4.69, 9.17) is 4.74 Å². The molecule has 88 valence electrons. The highest BCUT2D eigenvalue weighted by molar-refractivity contribution is 5.94. The predicted octanol–water partition coefficient (Wildman–Crippen LogP) is 2.62. The zero-order valence-electron chi connectivity index (χ0n) is 9.95. The third-order valence-corrected chi connectivity index (χ3v) is 2.20. The lowest BCUT2D eigenvalue weighted by atomic mass is 10.2. The van der Waals surface area contributed by atoms with Gasteiger partial charge in [0.05, 0.1) is 6.61 Å². The molecule has 0 saturated carbocycles. The molecule has 0 aliphatic carbocycles.